The van der Waals surface area contributed by atoms with Crippen LogP contribution in [0.25, 0.3) is 0 Å². The van der Waals surface area contributed by atoms with Gasteiger partial charge in [-0.05, 0) is 38.0 Å². The quantitative estimate of drug-likeness (QED) is 0.824. The third kappa shape index (κ3) is 2.65. The zero-order valence-corrected chi connectivity index (χ0v) is 11.9. The number of hydrogen-bond donors (Lipinski definition) is 1. The second-order valence-corrected chi connectivity index (χ2v) is 6.34. The number of nitrogens with one attached hydrogen (secondary N) is 1. The highest BCUT2D eigenvalue weighted by Crippen LogP contribution is 2.35. The van der Waals surface area contributed by atoms with Crippen LogP contribution in [0.15, 0.2) is 0 Å². The first kappa shape index (κ1) is 13.4. The maximum Gasteiger partial charge on any atom is 0.240 e. The Morgan fingerprint density at radius 2 is 2.00 bits per heavy atom. The molecule has 0 spiro atoms. The molecular formula is C15H26N2O2. The number of carbonyl (C=O) groups excluding carboxylic acids is 1. The normalized spacial score (nSPS) is 39.1. The Morgan fingerprint density at radius 1 is 1.21 bits per heavy atom. The number of rotatable bonds is 2. The summed E-state index contributed by atoms with van der Waals surface area (Å²) in [4.78, 5) is 14.9. The van der Waals surface area contributed by atoms with E-state index >= 15 is 0 Å². The highest BCUT2D eigenvalue weighted by atomic mass is 16.5. The summed E-state index contributed by atoms with van der Waals surface area (Å²) in [7, 11) is 1.73. The van der Waals surface area contributed by atoms with Crippen molar-refractivity contribution in [1.82, 2.24) is 10.2 Å². The average molecular weight is 266 g/mol. The molecule has 0 radical (unpaired) electrons. The topological polar surface area (TPSA) is 41.6 Å². The Hall–Kier alpha value is -0.610. The Morgan fingerprint density at radius 3 is 2.79 bits per heavy atom. The summed E-state index contributed by atoms with van der Waals surface area (Å²) in [6, 6.07) is 0.518. The summed E-state index contributed by atoms with van der Waals surface area (Å²) in [5.74, 6) is 1.10. The first-order valence-electron chi connectivity index (χ1n) is 7.86. The van der Waals surface area contributed by atoms with Gasteiger partial charge in [0.2, 0.25) is 5.91 Å². The Labute approximate surface area is 115 Å². The summed E-state index contributed by atoms with van der Waals surface area (Å²) in [5, 5.41) is 3.33. The van der Waals surface area contributed by atoms with Crippen molar-refractivity contribution in [1.29, 1.82) is 0 Å². The molecule has 0 aromatic carbocycles. The summed E-state index contributed by atoms with van der Waals surface area (Å²) in [6.07, 6.45) is 8.76. The van der Waals surface area contributed by atoms with Gasteiger partial charge in [-0.1, -0.05) is 12.8 Å². The third-order valence-electron chi connectivity index (χ3n) is 5.25. The lowest BCUT2D eigenvalue weighted by molar-refractivity contribution is -0.139. The van der Waals surface area contributed by atoms with Crippen molar-refractivity contribution in [2.45, 2.75) is 63.1 Å². The van der Waals surface area contributed by atoms with E-state index in [0.29, 0.717) is 11.9 Å². The minimum absolute atomic E-state index is 0.00868. The third-order valence-corrected chi connectivity index (χ3v) is 5.25. The Bertz CT molecular complexity index is 332. The number of hydrogen-bond acceptors (Lipinski definition) is 3. The maximum absolute atomic E-state index is 12.7. The summed E-state index contributed by atoms with van der Waals surface area (Å²) in [6.45, 7) is 1.78. The van der Waals surface area contributed by atoms with E-state index in [0.717, 1.165) is 25.4 Å². The molecule has 0 aromatic heterocycles. The van der Waals surface area contributed by atoms with Gasteiger partial charge in [0, 0.05) is 26.2 Å². The number of carbonyl (C=O) groups is 1. The van der Waals surface area contributed by atoms with Crippen LogP contribution in [0.1, 0.15) is 44.9 Å². The van der Waals surface area contributed by atoms with Crippen LogP contribution in [-0.4, -0.2) is 49.2 Å². The fourth-order valence-corrected chi connectivity index (χ4v) is 4.17. The lowest BCUT2D eigenvalue weighted by Crippen LogP contribution is -2.54. The van der Waals surface area contributed by atoms with Gasteiger partial charge in [-0.2, -0.15) is 0 Å². The monoisotopic (exact) mass is 266 g/mol. The van der Waals surface area contributed by atoms with Gasteiger partial charge in [-0.15, -0.1) is 0 Å². The number of nitrogens with zero attached hydrogens (tertiary/aromatic N) is 1. The lowest BCUT2D eigenvalue weighted by Gasteiger charge is -2.45. The van der Waals surface area contributed by atoms with Crippen molar-refractivity contribution in [2.75, 3.05) is 20.2 Å². The lowest BCUT2D eigenvalue weighted by atomic mass is 9.78. The van der Waals surface area contributed by atoms with Gasteiger partial charge in [-0.25, -0.2) is 0 Å². The standard InChI is InChI=1S/C15H26N2O2/c1-19-12-9-13(16-10-12)15(18)17-8-4-6-11-5-2-3-7-14(11)17/h11-14,16H,2-10H2,1H3. The van der Waals surface area contributed by atoms with Crippen molar-refractivity contribution >= 4 is 5.91 Å². The molecule has 0 bridgehead atoms. The van der Waals surface area contributed by atoms with E-state index in [1.165, 1.54) is 38.5 Å². The van der Waals surface area contributed by atoms with Crippen molar-refractivity contribution < 1.29 is 9.53 Å². The van der Waals surface area contributed by atoms with Gasteiger partial charge in [0.25, 0.3) is 0 Å². The number of ether oxygens (including phenoxy) is 1. The predicted octanol–water partition coefficient (Wildman–Crippen LogP) is 1.54. The fourth-order valence-electron chi connectivity index (χ4n) is 4.17. The summed E-state index contributed by atoms with van der Waals surface area (Å²) in [5.41, 5.74) is 0. The molecule has 1 amide bonds. The van der Waals surface area contributed by atoms with E-state index in [4.69, 9.17) is 4.74 Å². The number of fused-ring (bicyclic) bond motifs is 1. The molecule has 3 fully saturated rings. The molecule has 4 nitrogen and oxygen atoms in total. The number of likely N-dealkylation sites (tertiary alicyclic amines) is 1. The Balaban J connectivity index is 1.65. The maximum atomic E-state index is 12.7. The SMILES string of the molecule is COC1CNC(C(=O)N2CCCC3CCCCC32)C1. The van der Waals surface area contributed by atoms with Gasteiger partial charge in [-0.3, -0.25) is 4.79 Å². The van der Waals surface area contributed by atoms with E-state index in [-0.39, 0.29) is 12.1 Å². The molecular weight excluding hydrogens is 240 g/mol. The van der Waals surface area contributed by atoms with Gasteiger partial charge >= 0.3 is 0 Å². The van der Waals surface area contributed by atoms with E-state index in [9.17, 15) is 4.79 Å². The molecule has 1 N–H and O–H groups in total. The second kappa shape index (κ2) is 5.80. The zero-order valence-electron chi connectivity index (χ0n) is 11.9. The van der Waals surface area contributed by atoms with E-state index in [1.54, 1.807) is 7.11 Å². The van der Waals surface area contributed by atoms with E-state index in [2.05, 4.69) is 10.2 Å². The van der Waals surface area contributed by atoms with Crippen LogP contribution in [-0.2, 0) is 9.53 Å². The molecule has 0 aromatic rings. The second-order valence-electron chi connectivity index (χ2n) is 6.34. The van der Waals surface area contributed by atoms with Crippen LogP contribution in [0.4, 0.5) is 0 Å². The minimum Gasteiger partial charge on any atom is -0.380 e. The van der Waals surface area contributed by atoms with Crippen LogP contribution >= 0.6 is 0 Å². The smallest absolute Gasteiger partial charge is 0.240 e. The summed E-state index contributed by atoms with van der Waals surface area (Å²) < 4.78 is 5.35. The molecule has 1 aliphatic carbocycles. The fraction of sp³-hybridized carbons (Fsp3) is 0.933. The van der Waals surface area contributed by atoms with Crippen LogP contribution in [0, 0.1) is 5.92 Å². The average Bonchev–Trinajstić information content (AvgIpc) is 2.95. The molecule has 19 heavy (non-hydrogen) atoms. The molecule has 108 valence electrons. The number of methoxy groups -OCH3 is 1. The first-order valence-corrected chi connectivity index (χ1v) is 7.86. The molecule has 2 saturated heterocycles. The van der Waals surface area contributed by atoms with E-state index < -0.39 is 0 Å². The highest BCUT2D eigenvalue weighted by molar-refractivity contribution is 5.82. The molecule has 4 atom stereocenters. The largest absolute Gasteiger partial charge is 0.380 e. The van der Waals surface area contributed by atoms with Crippen molar-refractivity contribution in [2.24, 2.45) is 5.92 Å². The van der Waals surface area contributed by atoms with Gasteiger partial charge in [0.1, 0.15) is 0 Å². The zero-order chi connectivity index (χ0) is 13.2. The van der Waals surface area contributed by atoms with Crippen molar-refractivity contribution in [3.05, 3.63) is 0 Å². The highest BCUT2D eigenvalue weighted by Gasteiger charge is 2.39. The van der Waals surface area contributed by atoms with Gasteiger partial charge in [0.05, 0.1) is 12.1 Å². The van der Waals surface area contributed by atoms with E-state index in [1.807, 2.05) is 0 Å². The van der Waals surface area contributed by atoms with Crippen LogP contribution < -0.4 is 5.32 Å². The molecule has 4 heteroatoms. The van der Waals surface area contributed by atoms with Crippen molar-refractivity contribution in [3.63, 3.8) is 0 Å². The van der Waals surface area contributed by atoms with Crippen LogP contribution in [0.5, 0.6) is 0 Å². The molecule has 4 unspecified atom stereocenters. The number of piperidine rings is 1. The molecule has 2 heterocycles. The van der Waals surface area contributed by atoms with Crippen molar-refractivity contribution in [3.8, 4) is 0 Å². The van der Waals surface area contributed by atoms with Crippen LogP contribution in [0.2, 0.25) is 0 Å². The molecule has 3 rings (SSSR count). The molecule has 2 aliphatic heterocycles. The first-order chi connectivity index (χ1) is 9.29. The number of amides is 1. The molecule has 3 aliphatic rings. The van der Waals surface area contributed by atoms with Crippen LogP contribution in [0.3, 0.4) is 0 Å². The minimum atomic E-state index is -0.00868. The molecule has 1 saturated carbocycles. The van der Waals surface area contributed by atoms with Gasteiger partial charge in [0.15, 0.2) is 0 Å². The summed E-state index contributed by atoms with van der Waals surface area (Å²) >= 11 is 0. The predicted molar refractivity (Wildman–Crippen MR) is 73.9 cm³/mol. The Kier molecular flexibility index (Phi) is 4.08. The van der Waals surface area contributed by atoms with Gasteiger partial charge < -0.3 is 15.0 Å².